The molecule has 3 aromatic carbocycles. The van der Waals surface area contributed by atoms with E-state index < -0.39 is 0 Å². The first-order chi connectivity index (χ1) is 13.2. The summed E-state index contributed by atoms with van der Waals surface area (Å²) in [4.78, 5) is 13.0. The van der Waals surface area contributed by atoms with Crippen molar-refractivity contribution >= 4 is 11.0 Å². The van der Waals surface area contributed by atoms with E-state index in [0.29, 0.717) is 23.8 Å². The van der Waals surface area contributed by atoms with Crippen LogP contribution in [0.4, 0.5) is 0 Å². The zero-order chi connectivity index (χ0) is 18.8. The van der Waals surface area contributed by atoms with Gasteiger partial charge < -0.3 is 9.47 Å². The lowest BCUT2D eigenvalue weighted by Gasteiger charge is -2.10. The first-order valence-corrected chi connectivity index (χ1v) is 8.62. The van der Waals surface area contributed by atoms with Crippen molar-refractivity contribution < 1.29 is 9.47 Å². The minimum Gasteiger partial charge on any atom is -0.495 e. The minimum absolute atomic E-state index is 0.168. The molecule has 0 saturated heterocycles. The van der Waals surface area contributed by atoms with Gasteiger partial charge in [0.15, 0.2) is 0 Å². The quantitative estimate of drug-likeness (QED) is 0.546. The molecule has 1 radical (unpaired) electrons. The van der Waals surface area contributed by atoms with E-state index in [0.717, 1.165) is 16.6 Å². The second-order valence-electron chi connectivity index (χ2n) is 6.17. The highest BCUT2D eigenvalue weighted by molar-refractivity contribution is 5.84. The van der Waals surface area contributed by atoms with Gasteiger partial charge in [0.05, 0.1) is 18.3 Å². The van der Waals surface area contributed by atoms with Crippen molar-refractivity contribution in [2.75, 3.05) is 7.11 Å². The van der Waals surface area contributed by atoms with Crippen molar-refractivity contribution in [3.05, 3.63) is 88.8 Å². The lowest BCUT2D eigenvalue weighted by Crippen LogP contribution is -2.21. The normalized spacial score (nSPS) is 10.9. The molecule has 0 saturated carbocycles. The fraction of sp³-hybridized carbons (Fsp3) is 0.136. The molecular formula is C22H19N2O3. The van der Waals surface area contributed by atoms with Crippen LogP contribution in [0.2, 0.25) is 0 Å². The van der Waals surface area contributed by atoms with Gasteiger partial charge in [-0.15, -0.1) is 0 Å². The molecule has 5 nitrogen and oxygen atoms in total. The largest absolute Gasteiger partial charge is 0.495 e. The maximum absolute atomic E-state index is 13.0. The van der Waals surface area contributed by atoms with Crippen LogP contribution < -0.4 is 15.2 Å². The Morgan fingerprint density at radius 3 is 2.59 bits per heavy atom. The standard InChI is InChI=1S/C22H19N2O3/c1-23-21-18(24(22(23)25)17-11-6-7-13-19(17)26-2)12-8-14-20(21)27-15-16-9-4-3-5-10-16/h3-5,7-14H,15H2,1-2H3. The summed E-state index contributed by atoms with van der Waals surface area (Å²) in [7, 11) is 3.33. The molecule has 135 valence electrons. The third kappa shape index (κ3) is 2.97. The summed E-state index contributed by atoms with van der Waals surface area (Å²) in [5, 5.41) is 0. The Bertz CT molecular complexity index is 1140. The number of aryl methyl sites for hydroxylation is 1. The SMILES string of the molecule is COc1cc[c]cc1-n1c(=O)n(C)c2c(OCc3ccccc3)cccc21. The van der Waals surface area contributed by atoms with Gasteiger partial charge in [0, 0.05) is 7.05 Å². The number of fused-ring (bicyclic) bond motifs is 1. The molecule has 0 unspecified atom stereocenters. The fourth-order valence-corrected chi connectivity index (χ4v) is 3.22. The van der Waals surface area contributed by atoms with Crippen LogP contribution in [-0.4, -0.2) is 16.2 Å². The van der Waals surface area contributed by atoms with Gasteiger partial charge in [-0.1, -0.05) is 42.5 Å². The van der Waals surface area contributed by atoms with Crippen LogP contribution >= 0.6 is 0 Å². The van der Waals surface area contributed by atoms with Gasteiger partial charge in [-0.2, -0.15) is 0 Å². The number of benzene rings is 3. The van der Waals surface area contributed by atoms with Gasteiger partial charge in [0.25, 0.3) is 0 Å². The summed E-state index contributed by atoms with van der Waals surface area (Å²) < 4.78 is 14.7. The first kappa shape index (κ1) is 17.0. The Balaban J connectivity index is 1.84. The second kappa shape index (κ2) is 7.03. The smallest absolute Gasteiger partial charge is 0.333 e. The number of methoxy groups -OCH3 is 1. The monoisotopic (exact) mass is 359 g/mol. The summed E-state index contributed by atoms with van der Waals surface area (Å²) in [5.41, 5.74) is 3.04. The highest BCUT2D eigenvalue weighted by atomic mass is 16.5. The average Bonchev–Trinajstić information content (AvgIpc) is 2.98. The molecule has 0 spiro atoms. The van der Waals surface area contributed by atoms with Crippen LogP contribution in [0.5, 0.6) is 11.5 Å². The van der Waals surface area contributed by atoms with E-state index in [9.17, 15) is 4.79 Å². The zero-order valence-electron chi connectivity index (χ0n) is 15.2. The van der Waals surface area contributed by atoms with Crippen LogP contribution in [0.25, 0.3) is 16.7 Å². The molecular weight excluding hydrogens is 340 g/mol. The third-order valence-electron chi connectivity index (χ3n) is 4.53. The number of aromatic nitrogens is 2. The van der Waals surface area contributed by atoms with E-state index in [-0.39, 0.29) is 5.69 Å². The predicted molar refractivity (Wildman–Crippen MR) is 105 cm³/mol. The van der Waals surface area contributed by atoms with Crippen LogP contribution in [0, 0.1) is 6.07 Å². The van der Waals surface area contributed by atoms with Gasteiger partial charge >= 0.3 is 5.69 Å². The number of ether oxygens (including phenoxy) is 2. The molecule has 0 atom stereocenters. The molecule has 0 N–H and O–H groups in total. The van der Waals surface area contributed by atoms with Gasteiger partial charge in [0.1, 0.15) is 23.6 Å². The van der Waals surface area contributed by atoms with Crippen LogP contribution in [0.1, 0.15) is 5.56 Å². The highest BCUT2D eigenvalue weighted by Crippen LogP contribution is 2.29. The summed E-state index contributed by atoms with van der Waals surface area (Å²) in [6.45, 7) is 0.432. The summed E-state index contributed by atoms with van der Waals surface area (Å²) >= 11 is 0. The zero-order valence-corrected chi connectivity index (χ0v) is 15.2. The number of nitrogens with zero attached hydrogens (tertiary/aromatic N) is 2. The molecule has 5 heteroatoms. The Kier molecular flexibility index (Phi) is 4.42. The number of para-hydroxylation sites is 1. The minimum atomic E-state index is -0.168. The lowest BCUT2D eigenvalue weighted by molar-refractivity contribution is 0.309. The Hall–Kier alpha value is -3.47. The molecule has 4 rings (SSSR count). The van der Waals surface area contributed by atoms with Crippen LogP contribution in [-0.2, 0) is 13.7 Å². The maximum Gasteiger partial charge on any atom is 0.333 e. The Morgan fingerprint density at radius 1 is 1.00 bits per heavy atom. The molecule has 1 heterocycles. The molecule has 0 amide bonds. The van der Waals surface area contributed by atoms with Crippen molar-refractivity contribution in [1.29, 1.82) is 0 Å². The van der Waals surface area contributed by atoms with Crippen molar-refractivity contribution in [3.63, 3.8) is 0 Å². The van der Waals surface area contributed by atoms with E-state index in [1.807, 2.05) is 48.5 Å². The van der Waals surface area contributed by atoms with Gasteiger partial charge in [-0.25, -0.2) is 4.79 Å². The van der Waals surface area contributed by atoms with Crippen molar-refractivity contribution in [3.8, 4) is 17.2 Å². The summed E-state index contributed by atoms with van der Waals surface area (Å²) in [6, 6.07) is 23.9. The van der Waals surface area contributed by atoms with E-state index in [2.05, 4.69) is 6.07 Å². The number of hydrogen-bond donors (Lipinski definition) is 0. The molecule has 27 heavy (non-hydrogen) atoms. The van der Waals surface area contributed by atoms with E-state index in [1.54, 1.807) is 41.5 Å². The number of rotatable bonds is 5. The maximum atomic E-state index is 13.0. The summed E-state index contributed by atoms with van der Waals surface area (Å²) in [6.07, 6.45) is 0. The van der Waals surface area contributed by atoms with Crippen LogP contribution in [0.3, 0.4) is 0 Å². The molecule has 0 bridgehead atoms. The van der Waals surface area contributed by atoms with E-state index >= 15 is 0 Å². The van der Waals surface area contributed by atoms with E-state index in [1.165, 1.54) is 0 Å². The van der Waals surface area contributed by atoms with Gasteiger partial charge in [-0.05, 0) is 35.9 Å². The molecule has 4 aromatic rings. The van der Waals surface area contributed by atoms with Crippen molar-refractivity contribution in [2.24, 2.45) is 7.05 Å². The summed E-state index contributed by atoms with van der Waals surface area (Å²) in [5.74, 6) is 1.27. The lowest BCUT2D eigenvalue weighted by atomic mass is 10.2. The molecule has 0 fully saturated rings. The first-order valence-electron chi connectivity index (χ1n) is 8.62. The molecule has 1 aromatic heterocycles. The van der Waals surface area contributed by atoms with Crippen LogP contribution in [0.15, 0.2) is 71.5 Å². The highest BCUT2D eigenvalue weighted by Gasteiger charge is 2.18. The average molecular weight is 359 g/mol. The Labute approximate surface area is 157 Å². The van der Waals surface area contributed by atoms with E-state index in [4.69, 9.17) is 9.47 Å². The topological polar surface area (TPSA) is 45.4 Å². The van der Waals surface area contributed by atoms with Crippen molar-refractivity contribution in [2.45, 2.75) is 6.61 Å². The van der Waals surface area contributed by atoms with Gasteiger partial charge in [-0.3, -0.25) is 9.13 Å². The predicted octanol–water partition coefficient (Wildman–Crippen LogP) is 3.72. The number of imidazole rings is 1. The Morgan fingerprint density at radius 2 is 1.81 bits per heavy atom. The van der Waals surface area contributed by atoms with Gasteiger partial charge in [0.2, 0.25) is 0 Å². The fourth-order valence-electron chi connectivity index (χ4n) is 3.22. The van der Waals surface area contributed by atoms with Crippen molar-refractivity contribution in [1.82, 2.24) is 9.13 Å². The molecule has 0 aliphatic heterocycles. The second-order valence-corrected chi connectivity index (χ2v) is 6.17. The number of hydrogen-bond acceptors (Lipinski definition) is 3. The molecule has 0 aliphatic carbocycles. The molecule has 0 aliphatic rings. The third-order valence-corrected chi connectivity index (χ3v) is 4.53.